The van der Waals surface area contributed by atoms with Gasteiger partial charge in [-0.15, -0.1) is 0 Å². The van der Waals surface area contributed by atoms with E-state index in [1.165, 1.54) is 0 Å². The van der Waals surface area contributed by atoms with E-state index in [9.17, 15) is 9.59 Å². The molecule has 0 bridgehead atoms. The van der Waals surface area contributed by atoms with Crippen molar-refractivity contribution in [2.75, 3.05) is 33.0 Å². The fraction of sp³-hybridized carbons (Fsp3) is 0.364. The van der Waals surface area contributed by atoms with Crippen molar-refractivity contribution in [2.45, 2.75) is 19.3 Å². The van der Waals surface area contributed by atoms with Gasteiger partial charge in [-0.2, -0.15) is 0 Å². The van der Waals surface area contributed by atoms with Crippen molar-refractivity contribution < 1.29 is 19.1 Å². The number of rotatable bonds is 4. The maximum Gasteiger partial charge on any atom is 0.231 e. The van der Waals surface area contributed by atoms with Gasteiger partial charge < -0.3 is 19.3 Å². The molecule has 2 aromatic rings. The Morgan fingerprint density at radius 1 is 0.893 bits per heavy atom. The summed E-state index contributed by atoms with van der Waals surface area (Å²) in [6.07, 6.45) is 0.379. The molecule has 28 heavy (non-hydrogen) atoms. The van der Waals surface area contributed by atoms with Gasteiger partial charge in [-0.3, -0.25) is 9.59 Å². The number of carbonyl (C=O) groups is 2. The van der Waals surface area contributed by atoms with E-state index in [0.717, 1.165) is 22.6 Å². The minimum absolute atomic E-state index is 0.0611. The van der Waals surface area contributed by atoms with Gasteiger partial charge in [0.15, 0.2) is 11.5 Å². The van der Waals surface area contributed by atoms with E-state index in [1.807, 2.05) is 41.3 Å². The molecule has 1 saturated heterocycles. The van der Waals surface area contributed by atoms with Crippen molar-refractivity contribution in [3.63, 3.8) is 0 Å². The molecule has 0 radical (unpaired) electrons. The molecule has 2 amide bonds. The van der Waals surface area contributed by atoms with E-state index >= 15 is 0 Å². The van der Waals surface area contributed by atoms with E-state index < -0.39 is 0 Å². The highest BCUT2D eigenvalue weighted by Crippen LogP contribution is 2.37. The molecule has 2 aliphatic rings. The summed E-state index contributed by atoms with van der Waals surface area (Å²) in [5, 5.41) is 0. The Morgan fingerprint density at radius 3 is 2.29 bits per heavy atom. The molecule has 146 valence electrons. The number of benzene rings is 2. The van der Waals surface area contributed by atoms with Crippen LogP contribution in [0.2, 0.25) is 0 Å². The predicted molar refractivity (Wildman–Crippen MR) is 104 cm³/mol. The van der Waals surface area contributed by atoms with E-state index in [2.05, 4.69) is 12.1 Å². The van der Waals surface area contributed by atoms with Crippen LogP contribution < -0.4 is 9.47 Å². The molecular weight excluding hydrogens is 356 g/mol. The number of carbonyl (C=O) groups excluding carboxylic acids is 2. The smallest absolute Gasteiger partial charge is 0.231 e. The Morgan fingerprint density at radius 2 is 1.57 bits per heavy atom. The van der Waals surface area contributed by atoms with Crippen LogP contribution >= 0.6 is 0 Å². The molecule has 2 aromatic carbocycles. The summed E-state index contributed by atoms with van der Waals surface area (Å²) >= 11 is 0. The monoisotopic (exact) mass is 380 g/mol. The van der Waals surface area contributed by atoms with Gasteiger partial charge in [0.1, 0.15) is 0 Å². The lowest BCUT2D eigenvalue weighted by molar-refractivity contribution is -0.138. The van der Waals surface area contributed by atoms with Gasteiger partial charge in [0, 0.05) is 45.4 Å². The maximum absolute atomic E-state index is 13.0. The van der Waals surface area contributed by atoms with Crippen molar-refractivity contribution >= 4 is 11.8 Å². The zero-order valence-corrected chi connectivity index (χ0v) is 16.0. The second-order valence-electron chi connectivity index (χ2n) is 7.17. The summed E-state index contributed by atoms with van der Waals surface area (Å²) in [6.45, 7) is 4.17. The fourth-order valence-electron chi connectivity index (χ4n) is 3.82. The number of hydrogen-bond acceptors (Lipinski definition) is 4. The SMILES string of the molecule is CC(=O)N1CCN(C(=O)CC(c2ccccc2)c2ccc3c(c2)OCO3)CC1. The molecule has 6 nitrogen and oxygen atoms in total. The molecule has 0 spiro atoms. The molecule has 6 heteroatoms. The number of fused-ring (bicyclic) bond motifs is 1. The standard InChI is InChI=1S/C22H24N2O4/c1-16(25)23-9-11-24(12-10-23)22(26)14-19(17-5-3-2-4-6-17)18-7-8-20-21(13-18)28-15-27-20/h2-8,13,19H,9-12,14-15H2,1H3. The number of nitrogens with zero attached hydrogens (tertiary/aromatic N) is 2. The van der Waals surface area contributed by atoms with Gasteiger partial charge in [-0.25, -0.2) is 0 Å². The molecule has 1 atom stereocenters. The molecule has 2 aliphatic heterocycles. The summed E-state index contributed by atoms with van der Waals surface area (Å²) in [4.78, 5) is 28.2. The molecule has 4 rings (SSSR count). The first-order valence-electron chi connectivity index (χ1n) is 9.59. The number of hydrogen-bond donors (Lipinski definition) is 0. The van der Waals surface area contributed by atoms with Crippen molar-refractivity contribution in [3.05, 3.63) is 59.7 Å². The zero-order valence-electron chi connectivity index (χ0n) is 16.0. The lowest BCUT2D eigenvalue weighted by Gasteiger charge is -2.35. The predicted octanol–water partition coefficient (Wildman–Crippen LogP) is 2.63. The lowest BCUT2D eigenvalue weighted by atomic mass is 9.88. The molecule has 1 unspecified atom stereocenters. The van der Waals surface area contributed by atoms with E-state index in [-0.39, 0.29) is 24.5 Å². The topological polar surface area (TPSA) is 59.1 Å². The second-order valence-corrected chi connectivity index (χ2v) is 7.17. The van der Waals surface area contributed by atoms with Crippen LogP contribution in [0.25, 0.3) is 0 Å². The molecular formula is C22H24N2O4. The first kappa shape index (κ1) is 18.3. The fourth-order valence-corrected chi connectivity index (χ4v) is 3.82. The van der Waals surface area contributed by atoms with Crippen LogP contribution in [0.3, 0.4) is 0 Å². The molecule has 0 aliphatic carbocycles. The van der Waals surface area contributed by atoms with E-state index in [1.54, 1.807) is 11.8 Å². The minimum atomic E-state index is -0.0611. The maximum atomic E-state index is 13.0. The first-order chi connectivity index (χ1) is 13.6. The zero-order chi connectivity index (χ0) is 19.5. The second kappa shape index (κ2) is 7.92. The summed E-state index contributed by atoms with van der Waals surface area (Å²) in [7, 11) is 0. The Bertz CT molecular complexity index is 860. The van der Waals surface area contributed by atoms with Crippen molar-refractivity contribution in [3.8, 4) is 11.5 Å². The van der Waals surface area contributed by atoms with Gasteiger partial charge in [0.25, 0.3) is 0 Å². The van der Waals surface area contributed by atoms with Crippen LogP contribution in [0.1, 0.15) is 30.4 Å². The van der Waals surface area contributed by atoms with Gasteiger partial charge in [-0.05, 0) is 23.3 Å². The highest BCUT2D eigenvalue weighted by Gasteiger charge is 2.27. The van der Waals surface area contributed by atoms with Gasteiger partial charge in [0.05, 0.1) is 0 Å². The van der Waals surface area contributed by atoms with Crippen LogP contribution in [0.15, 0.2) is 48.5 Å². The average Bonchev–Trinajstić information content (AvgIpc) is 3.20. The Kier molecular flexibility index (Phi) is 5.19. The van der Waals surface area contributed by atoms with Crippen molar-refractivity contribution in [1.82, 2.24) is 9.80 Å². The average molecular weight is 380 g/mol. The van der Waals surface area contributed by atoms with Crippen LogP contribution in [0.5, 0.6) is 11.5 Å². The first-order valence-corrected chi connectivity index (χ1v) is 9.59. The third kappa shape index (κ3) is 3.81. The highest BCUT2D eigenvalue weighted by molar-refractivity contribution is 5.79. The summed E-state index contributed by atoms with van der Waals surface area (Å²) in [5.41, 5.74) is 2.13. The number of piperazine rings is 1. The molecule has 0 N–H and O–H groups in total. The number of amides is 2. The van der Waals surface area contributed by atoms with Crippen LogP contribution in [0, 0.1) is 0 Å². The quantitative estimate of drug-likeness (QED) is 0.818. The lowest BCUT2D eigenvalue weighted by Crippen LogP contribution is -2.50. The Labute approximate surface area is 164 Å². The summed E-state index contributed by atoms with van der Waals surface area (Å²) in [5.74, 6) is 1.57. The summed E-state index contributed by atoms with van der Waals surface area (Å²) < 4.78 is 10.9. The van der Waals surface area contributed by atoms with E-state index in [4.69, 9.17) is 9.47 Å². The van der Waals surface area contributed by atoms with E-state index in [0.29, 0.717) is 32.6 Å². The molecule has 2 heterocycles. The third-order valence-corrected chi connectivity index (χ3v) is 5.46. The van der Waals surface area contributed by atoms with Crippen LogP contribution in [-0.2, 0) is 9.59 Å². The van der Waals surface area contributed by atoms with Gasteiger partial charge >= 0.3 is 0 Å². The molecule has 0 aromatic heterocycles. The minimum Gasteiger partial charge on any atom is -0.454 e. The largest absolute Gasteiger partial charge is 0.454 e. The third-order valence-electron chi connectivity index (χ3n) is 5.46. The Hall–Kier alpha value is -3.02. The Balaban J connectivity index is 1.53. The van der Waals surface area contributed by atoms with Gasteiger partial charge in [-0.1, -0.05) is 36.4 Å². The molecule has 1 fully saturated rings. The van der Waals surface area contributed by atoms with Gasteiger partial charge in [0.2, 0.25) is 18.6 Å². The summed E-state index contributed by atoms with van der Waals surface area (Å²) in [6, 6.07) is 15.9. The van der Waals surface area contributed by atoms with Crippen LogP contribution in [0.4, 0.5) is 0 Å². The van der Waals surface area contributed by atoms with Crippen molar-refractivity contribution in [1.29, 1.82) is 0 Å². The number of ether oxygens (including phenoxy) is 2. The van der Waals surface area contributed by atoms with Crippen molar-refractivity contribution in [2.24, 2.45) is 0 Å². The van der Waals surface area contributed by atoms with Crippen LogP contribution in [-0.4, -0.2) is 54.6 Å². The highest BCUT2D eigenvalue weighted by atomic mass is 16.7. The normalized spacial score (nSPS) is 16.8. The molecule has 0 saturated carbocycles.